The van der Waals surface area contributed by atoms with Crippen LogP contribution in [-0.2, 0) is 0 Å². The number of hydrogen-bond donors (Lipinski definition) is 3. The molecule has 2 rings (SSSR count). The predicted octanol–water partition coefficient (Wildman–Crippen LogP) is 3.32. The summed E-state index contributed by atoms with van der Waals surface area (Å²) in [5.74, 6) is -0.784. The highest BCUT2D eigenvalue weighted by Crippen LogP contribution is 2.24. The van der Waals surface area contributed by atoms with Crippen molar-refractivity contribution in [3.8, 4) is 5.75 Å². The number of H-pyrrole nitrogens is 1. The van der Waals surface area contributed by atoms with Crippen molar-refractivity contribution in [1.82, 2.24) is 10.3 Å². The van der Waals surface area contributed by atoms with Crippen molar-refractivity contribution in [3.05, 3.63) is 40.2 Å². The van der Waals surface area contributed by atoms with Crippen LogP contribution in [0, 0.1) is 0 Å². The molecule has 23 heavy (non-hydrogen) atoms. The first-order valence-electron chi connectivity index (χ1n) is 8.27. The molecule has 124 valence electrons. The lowest BCUT2D eigenvalue weighted by atomic mass is 10.1. The van der Waals surface area contributed by atoms with Crippen LogP contribution in [0.2, 0.25) is 0 Å². The number of carbonyl (C=O) groups is 1. The Labute approximate surface area is 135 Å². The third-order valence-electron chi connectivity index (χ3n) is 3.94. The Kier molecular flexibility index (Phi) is 6.20. The van der Waals surface area contributed by atoms with Gasteiger partial charge in [-0.2, -0.15) is 0 Å². The lowest BCUT2D eigenvalue weighted by molar-refractivity contribution is 0.0949. The number of hydrogen-bond acceptors (Lipinski definition) is 3. The molecule has 0 aliphatic heterocycles. The third kappa shape index (κ3) is 4.34. The summed E-state index contributed by atoms with van der Waals surface area (Å²) in [5.41, 5.74) is -0.265. The van der Waals surface area contributed by atoms with E-state index in [0.29, 0.717) is 17.4 Å². The molecular formula is C18H24N2O3. The fourth-order valence-electron chi connectivity index (χ4n) is 2.63. The molecule has 2 aromatic rings. The zero-order chi connectivity index (χ0) is 16.7. The van der Waals surface area contributed by atoms with E-state index in [1.54, 1.807) is 24.3 Å². The third-order valence-corrected chi connectivity index (χ3v) is 3.94. The number of amides is 1. The van der Waals surface area contributed by atoms with Crippen LogP contribution < -0.4 is 10.9 Å². The molecule has 0 bridgehead atoms. The van der Waals surface area contributed by atoms with Crippen LogP contribution in [-0.4, -0.2) is 22.5 Å². The highest BCUT2D eigenvalue weighted by atomic mass is 16.3. The number of aromatic amines is 1. The molecular weight excluding hydrogens is 292 g/mol. The number of rotatable bonds is 8. The van der Waals surface area contributed by atoms with Gasteiger partial charge in [0, 0.05) is 11.9 Å². The Morgan fingerprint density at radius 2 is 1.83 bits per heavy atom. The minimum Gasteiger partial charge on any atom is -0.506 e. The Morgan fingerprint density at radius 3 is 2.61 bits per heavy atom. The average Bonchev–Trinajstić information content (AvgIpc) is 2.54. The van der Waals surface area contributed by atoms with Gasteiger partial charge in [-0.1, -0.05) is 51.2 Å². The van der Waals surface area contributed by atoms with Crippen LogP contribution >= 0.6 is 0 Å². The highest BCUT2D eigenvalue weighted by Gasteiger charge is 2.18. The number of aromatic nitrogens is 1. The van der Waals surface area contributed by atoms with Gasteiger partial charge in [-0.25, -0.2) is 0 Å². The van der Waals surface area contributed by atoms with E-state index in [4.69, 9.17) is 0 Å². The summed E-state index contributed by atoms with van der Waals surface area (Å²) >= 11 is 0. The summed E-state index contributed by atoms with van der Waals surface area (Å²) in [6.45, 7) is 2.68. The first-order valence-corrected chi connectivity index (χ1v) is 8.27. The number of aromatic hydroxyl groups is 1. The maximum absolute atomic E-state index is 12.2. The van der Waals surface area contributed by atoms with Gasteiger partial charge in [0.2, 0.25) is 0 Å². The standard InChI is InChI=1S/C18H24N2O3/c1-2-3-4-5-6-9-12-19-17(22)15-16(21)13-10-7-8-11-14(13)20-18(15)23/h7-8,10-11H,2-6,9,12H2,1H3,(H,19,22)(H2,20,21,23). The van der Waals surface area contributed by atoms with E-state index in [1.165, 1.54) is 19.3 Å². The quantitative estimate of drug-likeness (QED) is 0.653. The molecule has 5 heteroatoms. The van der Waals surface area contributed by atoms with Gasteiger partial charge < -0.3 is 15.4 Å². The van der Waals surface area contributed by atoms with Gasteiger partial charge >= 0.3 is 0 Å². The molecule has 0 aliphatic carbocycles. The molecule has 0 fully saturated rings. The van der Waals surface area contributed by atoms with Gasteiger partial charge in [0.1, 0.15) is 11.3 Å². The van der Waals surface area contributed by atoms with Crippen LogP contribution in [0.4, 0.5) is 0 Å². The molecule has 0 spiro atoms. The highest BCUT2D eigenvalue weighted by molar-refractivity contribution is 6.01. The number of unbranched alkanes of at least 4 members (excludes halogenated alkanes) is 5. The molecule has 0 saturated carbocycles. The summed E-state index contributed by atoms with van der Waals surface area (Å²) in [6.07, 6.45) is 6.76. The molecule has 0 radical (unpaired) electrons. The van der Waals surface area contributed by atoms with Crippen molar-refractivity contribution < 1.29 is 9.90 Å². The zero-order valence-electron chi connectivity index (χ0n) is 13.5. The number of carbonyl (C=O) groups excluding carboxylic acids is 1. The number of para-hydroxylation sites is 1. The Morgan fingerprint density at radius 1 is 1.13 bits per heavy atom. The average molecular weight is 316 g/mol. The van der Waals surface area contributed by atoms with Crippen LogP contribution in [0.15, 0.2) is 29.1 Å². The Bertz CT molecular complexity index is 722. The Balaban J connectivity index is 1.97. The van der Waals surface area contributed by atoms with Crippen LogP contribution in [0.5, 0.6) is 5.75 Å². The van der Waals surface area contributed by atoms with Crippen LogP contribution in [0.25, 0.3) is 10.9 Å². The second kappa shape index (κ2) is 8.36. The smallest absolute Gasteiger partial charge is 0.265 e. The second-order valence-corrected chi connectivity index (χ2v) is 5.75. The molecule has 0 saturated heterocycles. The van der Waals surface area contributed by atoms with Crippen LogP contribution in [0.1, 0.15) is 55.8 Å². The molecule has 0 unspecified atom stereocenters. The Hall–Kier alpha value is -2.30. The van der Waals surface area contributed by atoms with Crippen molar-refractivity contribution >= 4 is 16.8 Å². The SMILES string of the molecule is CCCCCCCCNC(=O)c1c(O)c2ccccc2[nH]c1=O. The van der Waals surface area contributed by atoms with Gasteiger partial charge in [-0.05, 0) is 18.6 Å². The maximum Gasteiger partial charge on any atom is 0.265 e. The molecule has 1 aromatic heterocycles. The van der Waals surface area contributed by atoms with E-state index in [9.17, 15) is 14.7 Å². The number of fused-ring (bicyclic) bond motifs is 1. The normalized spacial score (nSPS) is 10.8. The summed E-state index contributed by atoms with van der Waals surface area (Å²) in [4.78, 5) is 26.8. The van der Waals surface area contributed by atoms with Gasteiger partial charge in [0.15, 0.2) is 0 Å². The van der Waals surface area contributed by atoms with Gasteiger partial charge in [0.05, 0.1) is 5.52 Å². The van der Waals surface area contributed by atoms with E-state index < -0.39 is 11.5 Å². The van der Waals surface area contributed by atoms with E-state index >= 15 is 0 Å². The first kappa shape index (κ1) is 17.1. The summed E-state index contributed by atoms with van der Waals surface area (Å²) < 4.78 is 0. The minimum absolute atomic E-state index is 0.213. The first-order chi connectivity index (χ1) is 11.1. The molecule has 1 aromatic carbocycles. The van der Waals surface area contributed by atoms with Gasteiger partial charge in [-0.3, -0.25) is 9.59 Å². The second-order valence-electron chi connectivity index (χ2n) is 5.75. The van der Waals surface area contributed by atoms with E-state index in [0.717, 1.165) is 19.3 Å². The van der Waals surface area contributed by atoms with Crippen molar-refractivity contribution in [2.24, 2.45) is 0 Å². The summed E-state index contributed by atoms with van der Waals surface area (Å²) in [5, 5.41) is 13.4. The van der Waals surface area contributed by atoms with Crippen LogP contribution in [0.3, 0.4) is 0 Å². The largest absolute Gasteiger partial charge is 0.506 e. The van der Waals surface area contributed by atoms with E-state index in [2.05, 4.69) is 17.2 Å². The fourth-order valence-corrected chi connectivity index (χ4v) is 2.63. The minimum atomic E-state index is -0.568. The van der Waals surface area contributed by atoms with Gasteiger partial charge in [-0.15, -0.1) is 0 Å². The monoisotopic (exact) mass is 316 g/mol. The van der Waals surface area contributed by atoms with Crippen molar-refractivity contribution in [1.29, 1.82) is 0 Å². The van der Waals surface area contributed by atoms with Gasteiger partial charge in [0.25, 0.3) is 11.5 Å². The zero-order valence-corrected chi connectivity index (χ0v) is 13.5. The van der Waals surface area contributed by atoms with E-state index in [-0.39, 0.29) is 11.3 Å². The maximum atomic E-state index is 12.2. The fraction of sp³-hybridized carbons (Fsp3) is 0.444. The van der Waals surface area contributed by atoms with E-state index in [1.807, 2.05) is 0 Å². The lowest BCUT2D eigenvalue weighted by Gasteiger charge is -2.08. The topological polar surface area (TPSA) is 82.2 Å². The summed E-state index contributed by atoms with van der Waals surface area (Å²) in [6, 6.07) is 6.87. The molecule has 1 amide bonds. The van der Waals surface area contributed by atoms with Crippen molar-refractivity contribution in [2.45, 2.75) is 45.4 Å². The molecule has 5 nitrogen and oxygen atoms in total. The number of pyridine rings is 1. The lowest BCUT2D eigenvalue weighted by Crippen LogP contribution is -2.30. The molecule has 1 heterocycles. The molecule has 0 atom stereocenters. The molecule has 0 aliphatic rings. The predicted molar refractivity (Wildman–Crippen MR) is 91.9 cm³/mol. The number of nitrogens with one attached hydrogen (secondary N) is 2. The van der Waals surface area contributed by atoms with Crippen molar-refractivity contribution in [2.75, 3.05) is 6.54 Å². The van der Waals surface area contributed by atoms with Crippen molar-refractivity contribution in [3.63, 3.8) is 0 Å². The summed E-state index contributed by atoms with van der Waals surface area (Å²) in [7, 11) is 0. The number of benzene rings is 1. The molecule has 3 N–H and O–H groups in total.